The third-order valence-electron chi connectivity index (χ3n) is 10.8. The number of rotatable bonds is 9. The van der Waals surface area contributed by atoms with Crippen molar-refractivity contribution < 1.29 is 27.1 Å². The highest BCUT2D eigenvalue weighted by molar-refractivity contribution is 5.95. The van der Waals surface area contributed by atoms with Crippen molar-refractivity contribution in [2.75, 3.05) is 18.1 Å². The zero-order valence-electron chi connectivity index (χ0n) is 24.8. The molecule has 0 unspecified atom stereocenters. The van der Waals surface area contributed by atoms with E-state index in [1.807, 2.05) is 36.1 Å². The van der Waals surface area contributed by atoms with E-state index in [9.17, 15) is 22.4 Å². The number of pyridine rings is 1. The molecule has 0 saturated heterocycles. The highest BCUT2D eigenvalue weighted by Gasteiger charge is 2.69. The van der Waals surface area contributed by atoms with E-state index in [0.29, 0.717) is 44.8 Å². The maximum atomic E-state index is 14.4. The molecule has 6 nitrogen and oxygen atoms in total. The fourth-order valence-electron chi connectivity index (χ4n) is 8.41. The highest BCUT2D eigenvalue weighted by atomic mass is 19.4. The average Bonchev–Trinajstić information content (AvgIpc) is 3.00. The molecule has 4 bridgehead atoms. The summed E-state index contributed by atoms with van der Waals surface area (Å²) < 4.78 is 59.1. The number of alkyl halides is 4. The molecule has 2 heterocycles. The van der Waals surface area contributed by atoms with Gasteiger partial charge in [0.15, 0.2) is 0 Å². The SMILES string of the molecule is CCOc1ncc(-c2cccc(N(CC34CCC(c5ccc(C(F)(F)F)cn5)(CC3)CC4)C(=O)CC34CC(F)(C3)C4)c2)cn1. The van der Waals surface area contributed by atoms with Crippen molar-refractivity contribution in [1.82, 2.24) is 15.0 Å². The van der Waals surface area contributed by atoms with E-state index in [1.165, 1.54) is 0 Å². The maximum Gasteiger partial charge on any atom is 0.417 e. The second-order valence-electron chi connectivity index (χ2n) is 13.8. The van der Waals surface area contributed by atoms with Crippen molar-refractivity contribution in [3.05, 3.63) is 66.2 Å². The number of aromatic nitrogens is 3. The van der Waals surface area contributed by atoms with Gasteiger partial charge in [-0.3, -0.25) is 9.78 Å². The third-order valence-corrected chi connectivity index (χ3v) is 10.8. The van der Waals surface area contributed by atoms with Crippen molar-refractivity contribution >= 4 is 11.6 Å². The Bertz CT molecular complexity index is 1510. The van der Waals surface area contributed by atoms with Gasteiger partial charge >= 0.3 is 12.2 Å². The van der Waals surface area contributed by atoms with E-state index >= 15 is 0 Å². The second kappa shape index (κ2) is 10.2. The molecule has 0 N–H and O–H groups in total. The van der Waals surface area contributed by atoms with Gasteiger partial charge in [-0.2, -0.15) is 13.2 Å². The lowest BCUT2D eigenvalue weighted by atomic mass is 9.41. The molecule has 6 aliphatic rings. The minimum absolute atomic E-state index is 0.0213. The molecule has 0 atom stereocenters. The quantitative estimate of drug-likeness (QED) is 0.231. The van der Waals surface area contributed by atoms with Crippen LogP contribution >= 0.6 is 0 Å². The van der Waals surface area contributed by atoms with Gasteiger partial charge in [-0.1, -0.05) is 12.1 Å². The van der Waals surface area contributed by atoms with Crippen molar-refractivity contribution in [1.29, 1.82) is 0 Å². The smallest absolute Gasteiger partial charge is 0.417 e. The number of carbonyl (C=O) groups is 1. The first-order valence-corrected chi connectivity index (χ1v) is 15.5. The Morgan fingerprint density at radius 3 is 2.14 bits per heavy atom. The lowest BCUT2D eigenvalue weighted by Gasteiger charge is -2.66. The molecule has 9 rings (SSSR count). The van der Waals surface area contributed by atoms with Crippen LogP contribution in [-0.4, -0.2) is 39.7 Å². The zero-order chi connectivity index (χ0) is 30.8. The van der Waals surface area contributed by atoms with E-state index in [-0.39, 0.29) is 22.2 Å². The number of benzene rings is 1. The summed E-state index contributed by atoms with van der Waals surface area (Å²) >= 11 is 0. The maximum absolute atomic E-state index is 14.4. The lowest BCUT2D eigenvalue weighted by Crippen LogP contribution is -2.65. The Hall–Kier alpha value is -3.56. The molecule has 1 aromatic carbocycles. The summed E-state index contributed by atoms with van der Waals surface area (Å²) in [6.07, 6.45) is 6.78. The van der Waals surface area contributed by atoms with Crippen molar-refractivity contribution in [3.8, 4) is 17.1 Å². The van der Waals surface area contributed by atoms with Crippen LogP contribution in [0.2, 0.25) is 0 Å². The number of nitrogens with zero attached hydrogens (tertiary/aromatic N) is 4. The molecule has 232 valence electrons. The summed E-state index contributed by atoms with van der Waals surface area (Å²) in [5.74, 6) is 0.0213. The number of hydrogen-bond acceptors (Lipinski definition) is 5. The molecule has 0 spiro atoms. The Labute approximate surface area is 254 Å². The fraction of sp³-hybridized carbons (Fsp3) is 0.529. The first kappa shape index (κ1) is 29.2. The second-order valence-corrected chi connectivity index (χ2v) is 13.8. The molecule has 1 amide bonds. The van der Waals surface area contributed by atoms with Gasteiger partial charge in [-0.25, -0.2) is 14.4 Å². The standard InChI is InChI=1S/C34H36F4N4O2/c1-2-44-29-40-16-24(17-41-29)23-4-3-5-26(14-23)42(28(43)15-31-19-33(35,20-31)21-31)22-30-8-11-32(12-9-30,13-10-30)27-7-6-25(18-39-27)34(36,37)38/h3-7,14,16-18H,2,8-13,15,19-22H2,1H3. The van der Waals surface area contributed by atoms with E-state index in [0.717, 1.165) is 73.3 Å². The van der Waals surface area contributed by atoms with E-state index in [2.05, 4.69) is 15.0 Å². The molecule has 6 saturated carbocycles. The summed E-state index contributed by atoms with van der Waals surface area (Å²) in [6.45, 7) is 2.90. The average molecular weight is 609 g/mol. The number of ether oxygens (including phenoxy) is 1. The Balaban J connectivity index is 1.12. The minimum Gasteiger partial charge on any atom is -0.464 e. The number of halogens is 4. The van der Waals surface area contributed by atoms with E-state index < -0.39 is 17.4 Å². The van der Waals surface area contributed by atoms with Crippen LogP contribution < -0.4 is 9.64 Å². The Morgan fingerprint density at radius 2 is 1.57 bits per heavy atom. The molecule has 44 heavy (non-hydrogen) atoms. The first-order valence-electron chi connectivity index (χ1n) is 15.5. The summed E-state index contributed by atoms with van der Waals surface area (Å²) in [5.41, 5.74) is 0.888. The first-order chi connectivity index (χ1) is 20.9. The lowest BCUT2D eigenvalue weighted by molar-refractivity contribution is -0.215. The summed E-state index contributed by atoms with van der Waals surface area (Å²) in [4.78, 5) is 28.8. The van der Waals surface area contributed by atoms with Gasteiger partial charge in [-0.05, 0) is 105 Å². The monoisotopic (exact) mass is 608 g/mol. The van der Waals surface area contributed by atoms with Crippen LogP contribution in [-0.2, 0) is 16.4 Å². The normalized spacial score (nSPS) is 30.3. The Morgan fingerprint density at radius 1 is 0.886 bits per heavy atom. The molecule has 0 radical (unpaired) electrons. The van der Waals surface area contributed by atoms with E-state index in [1.54, 1.807) is 18.5 Å². The van der Waals surface area contributed by atoms with Gasteiger partial charge in [0, 0.05) is 53.9 Å². The fourth-order valence-corrected chi connectivity index (χ4v) is 8.41. The molecule has 3 aromatic rings. The molecule has 6 fully saturated rings. The summed E-state index contributed by atoms with van der Waals surface area (Å²) in [6, 6.07) is 10.8. The molecule has 10 heteroatoms. The van der Waals surface area contributed by atoms with Gasteiger partial charge in [-0.15, -0.1) is 0 Å². The summed E-state index contributed by atoms with van der Waals surface area (Å²) in [5, 5.41) is 0. The van der Waals surface area contributed by atoms with Gasteiger partial charge < -0.3 is 9.64 Å². The minimum atomic E-state index is -4.41. The number of fused-ring (bicyclic) bond motifs is 3. The summed E-state index contributed by atoms with van der Waals surface area (Å²) in [7, 11) is 0. The van der Waals surface area contributed by atoms with Crippen LogP contribution in [0.15, 0.2) is 55.0 Å². The van der Waals surface area contributed by atoms with Crippen LogP contribution in [0.1, 0.15) is 82.4 Å². The van der Waals surface area contributed by atoms with Crippen LogP contribution in [0.4, 0.5) is 23.2 Å². The highest BCUT2D eigenvalue weighted by Crippen LogP contribution is 2.71. The van der Waals surface area contributed by atoms with Crippen molar-refractivity contribution in [2.24, 2.45) is 10.8 Å². The molecular formula is C34H36F4N4O2. The van der Waals surface area contributed by atoms with Gasteiger partial charge in [0.05, 0.1) is 12.2 Å². The number of amides is 1. The predicted molar refractivity (Wildman–Crippen MR) is 157 cm³/mol. The predicted octanol–water partition coefficient (Wildman–Crippen LogP) is 7.86. The van der Waals surface area contributed by atoms with Crippen LogP contribution in [0.3, 0.4) is 0 Å². The molecule has 0 aliphatic heterocycles. The number of hydrogen-bond donors (Lipinski definition) is 0. The van der Waals surface area contributed by atoms with Crippen LogP contribution in [0.5, 0.6) is 6.01 Å². The Kier molecular flexibility index (Phi) is 6.79. The van der Waals surface area contributed by atoms with Gasteiger partial charge in [0.1, 0.15) is 5.67 Å². The molecular weight excluding hydrogens is 572 g/mol. The molecule has 2 aromatic heterocycles. The topological polar surface area (TPSA) is 68.2 Å². The largest absolute Gasteiger partial charge is 0.464 e. The van der Waals surface area contributed by atoms with Crippen molar-refractivity contribution in [3.63, 3.8) is 0 Å². The van der Waals surface area contributed by atoms with Crippen LogP contribution in [0.25, 0.3) is 11.1 Å². The molecule has 6 aliphatic carbocycles. The van der Waals surface area contributed by atoms with Crippen LogP contribution in [0, 0.1) is 10.8 Å². The zero-order valence-corrected chi connectivity index (χ0v) is 24.8. The van der Waals surface area contributed by atoms with Gasteiger partial charge in [0.2, 0.25) is 5.91 Å². The van der Waals surface area contributed by atoms with E-state index in [4.69, 9.17) is 4.74 Å². The van der Waals surface area contributed by atoms with Gasteiger partial charge in [0.25, 0.3) is 0 Å². The third kappa shape index (κ3) is 5.13. The number of anilines is 1. The van der Waals surface area contributed by atoms with Crippen molar-refractivity contribution in [2.45, 2.75) is 88.4 Å². The number of carbonyl (C=O) groups excluding carboxylic acids is 1.